The second-order valence-corrected chi connectivity index (χ2v) is 11.2. The minimum Gasteiger partial charge on any atom is -0.351 e. The molecule has 9 heteroatoms. The first-order valence-corrected chi connectivity index (χ1v) is 12.8. The summed E-state index contributed by atoms with van der Waals surface area (Å²) in [5, 5.41) is 3.73. The summed E-state index contributed by atoms with van der Waals surface area (Å²) in [7, 11) is -7.04. The molecule has 7 nitrogen and oxygen atoms in total. The summed E-state index contributed by atoms with van der Waals surface area (Å²) in [5.74, 6) is -0.605. The van der Waals surface area contributed by atoms with Crippen LogP contribution in [0.5, 0.6) is 0 Å². The van der Waals surface area contributed by atoms with Crippen LogP contribution in [0.3, 0.4) is 0 Å². The molecule has 0 saturated carbocycles. The number of benzene rings is 2. The van der Waals surface area contributed by atoms with Crippen LogP contribution < -0.4 is 5.32 Å². The predicted octanol–water partition coefficient (Wildman–Crippen LogP) is 1.79. The maximum absolute atomic E-state index is 12.9. The largest absolute Gasteiger partial charge is 0.351 e. The number of carbonyl (C=O) groups is 1. The van der Waals surface area contributed by atoms with Gasteiger partial charge in [-0.1, -0.05) is 60.7 Å². The van der Waals surface area contributed by atoms with E-state index < -0.39 is 38.4 Å². The molecule has 0 bridgehead atoms. The average molecular weight is 449 g/mol. The lowest BCUT2D eigenvalue weighted by Crippen LogP contribution is -2.43. The highest BCUT2D eigenvalue weighted by molar-refractivity contribution is 7.92. The van der Waals surface area contributed by atoms with Crippen LogP contribution in [-0.4, -0.2) is 51.1 Å². The maximum atomic E-state index is 12.9. The van der Waals surface area contributed by atoms with Gasteiger partial charge in [0.25, 0.3) is 0 Å². The molecule has 1 heterocycles. The molecule has 1 fully saturated rings. The molecule has 2 aromatic carbocycles. The van der Waals surface area contributed by atoms with Gasteiger partial charge in [0.05, 0.1) is 18.1 Å². The van der Waals surface area contributed by atoms with Crippen molar-refractivity contribution in [3.05, 3.63) is 77.2 Å². The fourth-order valence-electron chi connectivity index (χ4n) is 3.18. The molecule has 1 N–H and O–H groups in total. The minimum atomic E-state index is -3.90. The minimum absolute atomic E-state index is 0.0265. The van der Waals surface area contributed by atoms with E-state index in [1.807, 2.05) is 12.1 Å². The molecular formula is C21H24N2O5S2. The van der Waals surface area contributed by atoms with E-state index in [1.165, 1.54) is 6.08 Å². The molecule has 1 saturated heterocycles. The van der Waals surface area contributed by atoms with Crippen LogP contribution >= 0.6 is 0 Å². The third kappa shape index (κ3) is 6.51. The van der Waals surface area contributed by atoms with Gasteiger partial charge in [-0.2, -0.15) is 4.31 Å². The monoisotopic (exact) mass is 448 g/mol. The third-order valence-electron chi connectivity index (χ3n) is 4.71. The van der Waals surface area contributed by atoms with E-state index >= 15 is 0 Å². The van der Waals surface area contributed by atoms with Gasteiger partial charge in [-0.15, -0.1) is 0 Å². The van der Waals surface area contributed by atoms with Crippen molar-refractivity contribution in [3.8, 4) is 0 Å². The number of sulfone groups is 1. The first-order valence-electron chi connectivity index (χ1n) is 9.50. The quantitative estimate of drug-likeness (QED) is 0.664. The zero-order valence-corrected chi connectivity index (χ0v) is 18.0. The van der Waals surface area contributed by atoms with Crippen LogP contribution in [0.1, 0.15) is 17.5 Å². The van der Waals surface area contributed by atoms with Crippen molar-refractivity contribution >= 4 is 31.8 Å². The molecule has 3 rings (SSSR count). The van der Waals surface area contributed by atoms with Crippen molar-refractivity contribution in [1.29, 1.82) is 0 Å². The van der Waals surface area contributed by atoms with Gasteiger partial charge in [0.2, 0.25) is 15.9 Å². The molecule has 1 amide bonds. The molecule has 160 valence electrons. The van der Waals surface area contributed by atoms with E-state index in [-0.39, 0.29) is 18.1 Å². The van der Waals surface area contributed by atoms with Crippen molar-refractivity contribution < 1.29 is 21.6 Å². The van der Waals surface area contributed by atoms with E-state index in [1.54, 1.807) is 48.5 Å². The summed E-state index contributed by atoms with van der Waals surface area (Å²) in [6, 6.07) is 17.5. The van der Waals surface area contributed by atoms with Crippen LogP contribution in [0.15, 0.2) is 66.1 Å². The molecular weight excluding hydrogens is 424 g/mol. The molecule has 1 unspecified atom stereocenters. The van der Waals surface area contributed by atoms with E-state index in [2.05, 4.69) is 5.32 Å². The van der Waals surface area contributed by atoms with Crippen LogP contribution in [0, 0.1) is 0 Å². The summed E-state index contributed by atoms with van der Waals surface area (Å²) < 4.78 is 50.2. The summed E-state index contributed by atoms with van der Waals surface area (Å²) >= 11 is 0. The molecule has 2 aromatic rings. The number of carbonyl (C=O) groups excluding carboxylic acids is 1. The highest BCUT2D eigenvalue weighted by atomic mass is 32.2. The number of nitrogens with zero attached hydrogens (tertiary/aromatic N) is 1. The first kappa shape index (κ1) is 22.2. The van der Waals surface area contributed by atoms with Crippen molar-refractivity contribution in [2.75, 3.05) is 18.1 Å². The molecule has 0 spiro atoms. The number of amides is 1. The van der Waals surface area contributed by atoms with Gasteiger partial charge in [0.1, 0.15) is 0 Å². The van der Waals surface area contributed by atoms with Gasteiger partial charge < -0.3 is 5.32 Å². The standard InChI is InChI=1S/C21H24N2O5S2/c24-21(22-20-12-13-29(25,26)17-20)16-23(15-19-9-5-2-6-10-19)30(27,28)14-11-18-7-3-1-4-8-18/h1-11,14,20H,12-13,15-17H2,(H,22,24)/b14-11+. The Balaban J connectivity index is 1.75. The average Bonchev–Trinajstić information content (AvgIpc) is 3.05. The Bertz CT molecular complexity index is 1100. The topological polar surface area (TPSA) is 101 Å². The van der Waals surface area contributed by atoms with Crippen molar-refractivity contribution in [2.45, 2.75) is 19.0 Å². The number of rotatable bonds is 8. The van der Waals surface area contributed by atoms with Crippen LogP contribution in [0.4, 0.5) is 0 Å². The summed E-state index contributed by atoms with van der Waals surface area (Å²) in [5.41, 5.74) is 1.46. The molecule has 30 heavy (non-hydrogen) atoms. The van der Waals surface area contributed by atoms with Crippen LogP contribution in [0.2, 0.25) is 0 Å². The van der Waals surface area contributed by atoms with E-state index in [9.17, 15) is 21.6 Å². The SMILES string of the molecule is O=C(CN(Cc1ccccc1)S(=O)(=O)/C=C/c1ccccc1)NC1CCS(=O)(=O)C1. The highest BCUT2D eigenvalue weighted by Crippen LogP contribution is 2.14. The molecule has 1 aliphatic heterocycles. The maximum Gasteiger partial charge on any atom is 0.237 e. The predicted molar refractivity (Wildman–Crippen MR) is 116 cm³/mol. The molecule has 1 atom stereocenters. The Morgan fingerprint density at radius 3 is 2.30 bits per heavy atom. The Labute approximate surface area is 177 Å². The van der Waals surface area contributed by atoms with Crippen molar-refractivity contribution in [1.82, 2.24) is 9.62 Å². The smallest absolute Gasteiger partial charge is 0.237 e. The normalized spacial score (nSPS) is 18.6. The van der Waals surface area contributed by atoms with Crippen molar-refractivity contribution in [3.63, 3.8) is 0 Å². The Hall–Kier alpha value is -2.49. The lowest BCUT2D eigenvalue weighted by atomic mass is 10.2. The number of nitrogens with one attached hydrogen (secondary N) is 1. The zero-order chi connectivity index (χ0) is 21.6. The van der Waals surface area contributed by atoms with Gasteiger partial charge in [-0.3, -0.25) is 4.79 Å². The van der Waals surface area contributed by atoms with E-state index in [0.717, 1.165) is 20.8 Å². The Morgan fingerprint density at radius 2 is 1.70 bits per heavy atom. The molecule has 1 aliphatic rings. The first-order chi connectivity index (χ1) is 14.2. The van der Waals surface area contributed by atoms with E-state index in [4.69, 9.17) is 0 Å². The van der Waals surface area contributed by atoms with Crippen LogP contribution in [-0.2, 0) is 31.2 Å². The fraction of sp³-hybridized carbons (Fsp3) is 0.286. The zero-order valence-electron chi connectivity index (χ0n) is 16.3. The third-order valence-corrected chi connectivity index (χ3v) is 7.94. The lowest BCUT2D eigenvalue weighted by molar-refractivity contribution is -0.121. The van der Waals surface area contributed by atoms with Gasteiger partial charge in [-0.05, 0) is 23.6 Å². The van der Waals surface area contributed by atoms with Gasteiger partial charge in [0, 0.05) is 18.0 Å². The summed E-state index contributed by atoms with van der Waals surface area (Å²) in [4.78, 5) is 12.5. The van der Waals surface area contributed by atoms with E-state index in [0.29, 0.717) is 6.42 Å². The number of sulfonamides is 1. The number of hydrogen-bond acceptors (Lipinski definition) is 5. The van der Waals surface area contributed by atoms with Crippen molar-refractivity contribution in [2.24, 2.45) is 0 Å². The second kappa shape index (κ2) is 9.55. The number of hydrogen-bond donors (Lipinski definition) is 1. The van der Waals surface area contributed by atoms with Gasteiger partial charge in [-0.25, -0.2) is 16.8 Å². The molecule has 0 radical (unpaired) electrons. The second-order valence-electron chi connectivity index (χ2n) is 7.18. The van der Waals surface area contributed by atoms with Gasteiger partial charge in [0.15, 0.2) is 9.84 Å². The van der Waals surface area contributed by atoms with Crippen LogP contribution in [0.25, 0.3) is 6.08 Å². The lowest BCUT2D eigenvalue weighted by Gasteiger charge is -2.21. The molecule has 0 aromatic heterocycles. The Kier molecular flexibility index (Phi) is 7.06. The highest BCUT2D eigenvalue weighted by Gasteiger charge is 2.30. The molecule has 0 aliphatic carbocycles. The van der Waals surface area contributed by atoms with Gasteiger partial charge >= 0.3 is 0 Å². The summed E-state index contributed by atoms with van der Waals surface area (Å²) in [6.45, 7) is -0.369. The summed E-state index contributed by atoms with van der Waals surface area (Å²) in [6.07, 6.45) is 1.82. The fourth-order valence-corrected chi connectivity index (χ4v) is 5.98. The Morgan fingerprint density at radius 1 is 1.07 bits per heavy atom.